The molecule has 2 aromatic carbocycles. The number of hydrogen-bond donors (Lipinski definition) is 1. The summed E-state index contributed by atoms with van der Waals surface area (Å²) in [6, 6.07) is 10.6. The number of nitrogens with zero attached hydrogens (tertiary/aromatic N) is 4. The van der Waals surface area contributed by atoms with E-state index in [2.05, 4.69) is 25.3 Å². The minimum Gasteiger partial charge on any atom is -0.373 e. The molecule has 0 atom stereocenters. The Morgan fingerprint density at radius 1 is 1.04 bits per heavy atom. The zero-order valence-corrected chi connectivity index (χ0v) is 14.5. The van der Waals surface area contributed by atoms with Gasteiger partial charge < -0.3 is 5.32 Å². The largest absolute Gasteiger partial charge is 0.373 e. The molecule has 7 heteroatoms. The molecule has 0 saturated carbocycles. The molecular weight excluding hydrogens is 353 g/mol. The Hall–Kier alpha value is -3.12. The van der Waals surface area contributed by atoms with Crippen molar-refractivity contribution < 1.29 is 4.39 Å². The van der Waals surface area contributed by atoms with Crippen LogP contribution in [-0.4, -0.2) is 27.0 Å². The monoisotopic (exact) mass is 365 g/mol. The van der Waals surface area contributed by atoms with Crippen LogP contribution in [0.2, 0.25) is 5.02 Å². The topological polar surface area (TPSA) is 63.6 Å². The highest BCUT2D eigenvalue weighted by Gasteiger charge is 2.15. The Morgan fingerprint density at radius 2 is 1.92 bits per heavy atom. The first kappa shape index (κ1) is 16.4. The average Bonchev–Trinajstić information content (AvgIpc) is 2.68. The normalized spacial score (nSPS) is 10.9. The van der Waals surface area contributed by atoms with Crippen molar-refractivity contribution in [3.8, 4) is 22.6 Å². The van der Waals surface area contributed by atoms with Gasteiger partial charge in [0.15, 0.2) is 5.82 Å². The molecule has 0 unspecified atom stereocenters. The van der Waals surface area contributed by atoms with Gasteiger partial charge in [0.25, 0.3) is 0 Å². The Labute approximate surface area is 153 Å². The van der Waals surface area contributed by atoms with Gasteiger partial charge in [-0.15, -0.1) is 0 Å². The van der Waals surface area contributed by atoms with Crippen LogP contribution in [-0.2, 0) is 0 Å². The van der Waals surface area contributed by atoms with Crippen LogP contribution in [0.5, 0.6) is 0 Å². The number of nitrogens with one attached hydrogen (secondary N) is 1. The number of rotatable bonds is 3. The summed E-state index contributed by atoms with van der Waals surface area (Å²) in [4.78, 5) is 17.0. The standard InChI is InChI=1S/C19H13ClFN5/c1-22-18-14-8-12(11-3-2-4-13(20)7-11)9-15(21)17(14)25-19(26-18)16-10-23-5-6-24-16/h2-10H,1H3,(H,22,25,26). The Morgan fingerprint density at radius 3 is 2.65 bits per heavy atom. The van der Waals surface area contributed by atoms with Crippen molar-refractivity contribution in [2.45, 2.75) is 0 Å². The summed E-state index contributed by atoms with van der Waals surface area (Å²) in [6.07, 6.45) is 4.64. The number of halogens is 2. The molecular formula is C19H13ClFN5. The van der Waals surface area contributed by atoms with E-state index in [1.165, 1.54) is 6.07 Å². The van der Waals surface area contributed by atoms with Gasteiger partial charge in [-0.3, -0.25) is 4.98 Å². The molecule has 0 aliphatic rings. The summed E-state index contributed by atoms with van der Waals surface area (Å²) in [5.74, 6) is 0.379. The third kappa shape index (κ3) is 2.95. The van der Waals surface area contributed by atoms with Gasteiger partial charge in [0, 0.05) is 29.9 Å². The highest BCUT2D eigenvalue weighted by molar-refractivity contribution is 6.30. The molecule has 0 spiro atoms. The van der Waals surface area contributed by atoms with E-state index in [0.717, 1.165) is 5.56 Å². The quantitative estimate of drug-likeness (QED) is 0.575. The number of anilines is 1. The van der Waals surface area contributed by atoms with Crippen molar-refractivity contribution in [3.63, 3.8) is 0 Å². The molecule has 0 bridgehead atoms. The van der Waals surface area contributed by atoms with E-state index < -0.39 is 5.82 Å². The molecule has 2 heterocycles. The second-order valence-electron chi connectivity index (χ2n) is 5.60. The molecule has 4 aromatic rings. The fourth-order valence-electron chi connectivity index (χ4n) is 2.74. The molecule has 26 heavy (non-hydrogen) atoms. The summed E-state index contributed by atoms with van der Waals surface area (Å²) < 4.78 is 14.9. The lowest BCUT2D eigenvalue weighted by Gasteiger charge is -2.11. The van der Waals surface area contributed by atoms with Crippen molar-refractivity contribution in [3.05, 3.63) is 65.8 Å². The summed E-state index contributed by atoms with van der Waals surface area (Å²) in [5, 5.41) is 4.17. The van der Waals surface area contributed by atoms with Gasteiger partial charge in [-0.1, -0.05) is 23.7 Å². The van der Waals surface area contributed by atoms with Gasteiger partial charge in [0.05, 0.1) is 6.20 Å². The second-order valence-corrected chi connectivity index (χ2v) is 6.04. The molecule has 0 radical (unpaired) electrons. The van der Waals surface area contributed by atoms with E-state index in [0.29, 0.717) is 33.3 Å². The van der Waals surface area contributed by atoms with E-state index in [1.807, 2.05) is 18.2 Å². The van der Waals surface area contributed by atoms with Gasteiger partial charge in [0.2, 0.25) is 0 Å². The van der Waals surface area contributed by atoms with E-state index in [9.17, 15) is 4.39 Å². The first-order chi connectivity index (χ1) is 12.7. The van der Waals surface area contributed by atoms with Crippen molar-refractivity contribution >= 4 is 28.3 Å². The zero-order chi connectivity index (χ0) is 18.1. The Bertz CT molecular complexity index is 1100. The SMILES string of the molecule is CNc1nc(-c2cnccn2)nc2c(F)cc(-c3cccc(Cl)c3)cc12. The highest BCUT2D eigenvalue weighted by Crippen LogP contribution is 2.31. The third-order valence-electron chi connectivity index (χ3n) is 3.94. The second kappa shape index (κ2) is 6.65. The molecule has 0 aliphatic heterocycles. The first-order valence-electron chi connectivity index (χ1n) is 7.87. The maximum absolute atomic E-state index is 14.9. The summed E-state index contributed by atoms with van der Waals surface area (Å²) in [5.41, 5.74) is 2.21. The smallest absolute Gasteiger partial charge is 0.182 e. The van der Waals surface area contributed by atoms with Crippen LogP contribution < -0.4 is 5.32 Å². The lowest BCUT2D eigenvalue weighted by Crippen LogP contribution is -2.01. The predicted molar refractivity (Wildman–Crippen MR) is 101 cm³/mol. The molecule has 0 fully saturated rings. The zero-order valence-electron chi connectivity index (χ0n) is 13.7. The number of benzene rings is 2. The average molecular weight is 366 g/mol. The van der Waals surface area contributed by atoms with Crippen molar-refractivity contribution in [1.82, 2.24) is 19.9 Å². The van der Waals surface area contributed by atoms with Crippen molar-refractivity contribution in [2.75, 3.05) is 12.4 Å². The van der Waals surface area contributed by atoms with Gasteiger partial charge in [-0.25, -0.2) is 19.3 Å². The van der Waals surface area contributed by atoms with Crippen LogP contribution in [0.15, 0.2) is 55.0 Å². The van der Waals surface area contributed by atoms with E-state index in [-0.39, 0.29) is 5.52 Å². The Kier molecular flexibility index (Phi) is 4.18. The number of hydrogen-bond acceptors (Lipinski definition) is 5. The number of fused-ring (bicyclic) bond motifs is 1. The summed E-state index contributed by atoms with van der Waals surface area (Å²) in [7, 11) is 1.73. The van der Waals surface area contributed by atoms with E-state index >= 15 is 0 Å². The van der Waals surface area contributed by atoms with Crippen molar-refractivity contribution in [2.24, 2.45) is 0 Å². The van der Waals surface area contributed by atoms with Crippen LogP contribution in [0.25, 0.3) is 33.5 Å². The molecule has 5 nitrogen and oxygen atoms in total. The maximum atomic E-state index is 14.9. The van der Waals surface area contributed by atoms with Crippen LogP contribution in [0.4, 0.5) is 10.2 Å². The summed E-state index contributed by atoms with van der Waals surface area (Å²) >= 11 is 6.06. The molecule has 0 aliphatic carbocycles. The molecule has 128 valence electrons. The predicted octanol–water partition coefficient (Wildman–Crippen LogP) is 4.59. The van der Waals surface area contributed by atoms with Crippen LogP contribution in [0.1, 0.15) is 0 Å². The molecule has 0 saturated heterocycles. The van der Waals surface area contributed by atoms with E-state index in [1.54, 1.807) is 37.8 Å². The Balaban J connectivity index is 1.95. The highest BCUT2D eigenvalue weighted by atomic mass is 35.5. The number of aromatic nitrogens is 4. The van der Waals surface area contributed by atoms with Crippen LogP contribution in [0, 0.1) is 5.82 Å². The molecule has 4 rings (SSSR count). The van der Waals surface area contributed by atoms with Crippen molar-refractivity contribution in [1.29, 1.82) is 0 Å². The minimum absolute atomic E-state index is 0.218. The fraction of sp³-hybridized carbons (Fsp3) is 0.0526. The fourth-order valence-corrected chi connectivity index (χ4v) is 2.93. The molecule has 2 aromatic heterocycles. The van der Waals surface area contributed by atoms with E-state index in [4.69, 9.17) is 11.6 Å². The van der Waals surface area contributed by atoms with Crippen LogP contribution >= 0.6 is 11.6 Å². The first-order valence-corrected chi connectivity index (χ1v) is 8.25. The maximum Gasteiger partial charge on any atom is 0.182 e. The molecule has 1 N–H and O–H groups in total. The molecule has 0 amide bonds. The lowest BCUT2D eigenvalue weighted by atomic mass is 10.0. The minimum atomic E-state index is -0.443. The van der Waals surface area contributed by atoms with Gasteiger partial charge in [-0.2, -0.15) is 0 Å². The van der Waals surface area contributed by atoms with Gasteiger partial charge >= 0.3 is 0 Å². The van der Waals surface area contributed by atoms with Crippen LogP contribution in [0.3, 0.4) is 0 Å². The lowest BCUT2D eigenvalue weighted by molar-refractivity contribution is 0.637. The summed E-state index contributed by atoms with van der Waals surface area (Å²) in [6.45, 7) is 0. The van der Waals surface area contributed by atoms with Gasteiger partial charge in [0.1, 0.15) is 22.8 Å². The third-order valence-corrected chi connectivity index (χ3v) is 4.18. The van der Waals surface area contributed by atoms with Gasteiger partial charge in [-0.05, 0) is 35.4 Å².